The van der Waals surface area contributed by atoms with Gasteiger partial charge in [-0.15, -0.1) is 11.6 Å². The number of carbonyl (C=O) groups is 1. The molecule has 1 rings (SSSR count). The predicted molar refractivity (Wildman–Crippen MR) is 70.8 cm³/mol. The first-order valence-electron chi connectivity index (χ1n) is 5.11. The average molecular weight is 305 g/mol. The summed E-state index contributed by atoms with van der Waals surface area (Å²) in [5.74, 6) is 0.0924. The molecule has 88 valence electrons. The second kappa shape index (κ2) is 6.26. The Morgan fingerprint density at radius 1 is 1.44 bits per heavy atom. The Labute approximate surface area is 110 Å². The van der Waals surface area contributed by atoms with E-state index in [1.807, 2.05) is 31.2 Å². The van der Waals surface area contributed by atoms with Gasteiger partial charge in [-0.05, 0) is 24.6 Å². The first-order chi connectivity index (χ1) is 7.49. The first-order valence-corrected chi connectivity index (χ1v) is 6.34. The van der Waals surface area contributed by atoms with Gasteiger partial charge in [-0.2, -0.15) is 0 Å². The Bertz CT molecular complexity index is 351. The highest BCUT2D eigenvalue weighted by Crippen LogP contribution is 2.11. The van der Waals surface area contributed by atoms with E-state index in [-0.39, 0.29) is 11.3 Å². The van der Waals surface area contributed by atoms with Crippen LogP contribution in [0.3, 0.4) is 0 Å². The third kappa shape index (κ3) is 4.54. The van der Waals surface area contributed by atoms with E-state index in [4.69, 9.17) is 11.6 Å². The summed E-state index contributed by atoms with van der Waals surface area (Å²) in [5, 5.41) is -0.0149. The lowest BCUT2D eigenvalue weighted by Gasteiger charge is -2.18. The van der Waals surface area contributed by atoms with Crippen molar-refractivity contribution in [3.8, 4) is 0 Å². The molecule has 1 aromatic rings. The van der Waals surface area contributed by atoms with Gasteiger partial charge in [0.05, 0.1) is 6.42 Å². The number of halogens is 2. The van der Waals surface area contributed by atoms with Crippen LogP contribution in [-0.2, 0) is 11.2 Å². The molecule has 0 aliphatic heterocycles. The lowest BCUT2D eigenvalue weighted by molar-refractivity contribution is -0.129. The van der Waals surface area contributed by atoms with Crippen molar-refractivity contribution in [2.75, 3.05) is 13.6 Å². The molecule has 16 heavy (non-hydrogen) atoms. The molecule has 0 fully saturated rings. The minimum absolute atomic E-state index is 0.0149. The number of nitrogens with zero attached hydrogens (tertiary/aromatic N) is 1. The molecule has 0 bridgehead atoms. The lowest BCUT2D eigenvalue weighted by Crippen LogP contribution is -2.32. The molecular formula is C12H15BrClNO. The van der Waals surface area contributed by atoms with Crippen molar-refractivity contribution in [3.63, 3.8) is 0 Å². The van der Waals surface area contributed by atoms with E-state index in [1.165, 1.54) is 0 Å². The molecule has 0 heterocycles. The van der Waals surface area contributed by atoms with Crippen LogP contribution in [0.4, 0.5) is 0 Å². The Morgan fingerprint density at radius 2 is 2.00 bits per heavy atom. The molecule has 0 aliphatic carbocycles. The van der Waals surface area contributed by atoms with Gasteiger partial charge in [-0.3, -0.25) is 4.79 Å². The quantitative estimate of drug-likeness (QED) is 0.783. The predicted octanol–water partition coefficient (Wildman–Crippen LogP) is 3.08. The van der Waals surface area contributed by atoms with Gasteiger partial charge in [0, 0.05) is 23.4 Å². The summed E-state index contributed by atoms with van der Waals surface area (Å²) in [6, 6.07) is 7.76. The topological polar surface area (TPSA) is 20.3 Å². The number of rotatable bonds is 4. The molecule has 0 N–H and O–H groups in total. The number of hydrogen-bond acceptors (Lipinski definition) is 1. The summed E-state index contributed by atoms with van der Waals surface area (Å²) in [6.45, 7) is 2.46. The maximum absolute atomic E-state index is 11.8. The van der Waals surface area contributed by atoms with Crippen LogP contribution in [-0.4, -0.2) is 29.8 Å². The largest absolute Gasteiger partial charge is 0.344 e. The van der Waals surface area contributed by atoms with Crippen molar-refractivity contribution >= 4 is 33.4 Å². The van der Waals surface area contributed by atoms with E-state index in [0.717, 1.165) is 10.0 Å². The van der Waals surface area contributed by atoms with Crippen LogP contribution in [0, 0.1) is 0 Å². The van der Waals surface area contributed by atoms with Gasteiger partial charge in [-0.1, -0.05) is 28.1 Å². The summed E-state index contributed by atoms with van der Waals surface area (Å²) < 4.78 is 1.02. The minimum Gasteiger partial charge on any atom is -0.344 e. The maximum atomic E-state index is 11.8. The van der Waals surface area contributed by atoms with Crippen LogP contribution in [0.1, 0.15) is 12.5 Å². The molecule has 2 nitrogen and oxygen atoms in total. The van der Waals surface area contributed by atoms with Crippen LogP contribution in [0.5, 0.6) is 0 Å². The second-order valence-corrected chi connectivity index (χ2v) is 5.52. The van der Waals surface area contributed by atoms with E-state index >= 15 is 0 Å². The molecule has 0 spiro atoms. The van der Waals surface area contributed by atoms with Gasteiger partial charge in [0.2, 0.25) is 5.91 Å². The van der Waals surface area contributed by atoms with E-state index in [0.29, 0.717) is 13.0 Å². The summed E-state index contributed by atoms with van der Waals surface area (Å²) >= 11 is 9.20. The average Bonchev–Trinajstić information content (AvgIpc) is 2.20. The molecule has 0 aliphatic rings. The number of benzene rings is 1. The van der Waals surface area contributed by atoms with E-state index < -0.39 is 0 Å². The fourth-order valence-corrected chi connectivity index (χ4v) is 1.86. The highest BCUT2D eigenvalue weighted by Gasteiger charge is 2.11. The molecule has 0 aromatic heterocycles. The molecule has 1 unspecified atom stereocenters. The first kappa shape index (κ1) is 13.5. The van der Waals surface area contributed by atoms with Gasteiger partial charge in [0.25, 0.3) is 0 Å². The minimum atomic E-state index is -0.0149. The number of hydrogen-bond donors (Lipinski definition) is 0. The number of carbonyl (C=O) groups excluding carboxylic acids is 1. The second-order valence-electron chi connectivity index (χ2n) is 3.86. The molecule has 4 heteroatoms. The lowest BCUT2D eigenvalue weighted by atomic mass is 10.1. The third-order valence-electron chi connectivity index (χ3n) is 2.22. The normalized spacial score (nSPS) is 12.2. The molecular weight excluding hydrogens is 289 g/mol. The summed E-state index contributed by atoms with van der Waals surface area (Å²) in [5.41, 5.74) is 1.02. The third-order valence-corrected chi connectivity index (χ3v) is 2.89. The maximum Gasteiger partial charge on any atom is 0.226 e. The van der Waals surface area contributed by atoms with E-state index in [2.05, 4.69) is 15.9 Å². The van der Waals surface area contributed by atoms with Gasteiger partial charge in [0.15, 0.2) is 0 Å². The van der Waals surface area contributed by atoms with E-state index in [1.54, 1.807) is 11.9 Å². The van der Waals surface area contributed by atoms with Crippen LogP contribution >= 0.6 is 27.5 Å². The van der Waals surface area contributed by atoms with Gasteiger partial charge in [-0.25, -0.2) is 0 Å². The highest BCUT2D eigenvalue weighted by atomic mass is 79.9. The van der Waals surface area contributed by atoms with Gasteiger partial charge < -0.3 is 4.90 Å². The Hall–Kier alpha value is -0.540. The number of alkyl halides is 1. The molecule has 0 radical (unpaired) electrons. The summed E-state index contributed by atoms with van der Waals surface area (Å²) in [6.07, 6.45) is 0.424. The summed E-state index contributed by atoms with van der Waals surface area (Å²) in [7, 11) is 1.78. The van der Waals surface area contributed by atoms with Crippen molar-refractivity contribution in [3.05, 3.63) is 34.3 Å². The van der Waals surface area contributed by atoms with Crippen molar-refractivity contribution < 1.29 is 4.79 Å². The molecule has 1 atom stereocenters. The molecule has 0 saturated heterocycles. The Kier molecular flexibility index (Phi) is 5.29. The van der Waals surface area contributed by atoms with Crippen LogP contribution in [0.2, 0.25) is 0 Å². The summed E-state index contributed by atoms with van der Waals surface area (Å²) in [4.78, 5) is 13.5. The number of amides is 1. The molecule has 1 aromatic carbocycles. The van der Waals surface area contributed by atoms with Crippen LogP contribution in [0.15, 0.2) is 28.7 Å². The number of likely N-dealkylation sites (N-methyl/N-ethyl adjacent to an activating group) is 1. The van der Waals surface area contributed by atoms with Crippen molar-refractivity contribution in [2.45, 2.75) is 18.7 Å². The fourth-order valence-electron chi connectivity index (χ4n) is 1.39. The Balaban J connectivity index is 2.54. The van der Waals surface area contributed by atoms with Crippen molar-refractivity contribution in [1.82, 2.24) is 4.90 Å². The highest BCUT2D eigenvalue weighted by molar-refractivity contribution is 9.10. The molecule has 1 amide bonds. The fraction of sp³-hybridized carbons (Fsp3) is 0.417. The SMILES string of the molecule is CC(Cl)CN(C)C(=O)Cc1ccc(Br)cc1. The monoisotopic (exact) mass is 303 g/mol. The zero-order chi connectivity index (χ0) is 12.1. The van der Waals surface area contributed by atoms with Crippen LogP contribution in [0.25, 0.3) is 0 Å². The van der Waals surface area contributed by atoms with E-state index in [9.17, 15) is 4.79 Å². The van der Waals surface area contributed by atoms with Gasteiger partial charge in [0.1, 0.15) is 0 Å². The van der Waals surface area contributed by atoms with Crippen LogP contribution < -0.4 is 0 Å². The van der Waals surface area contributed by atoms with Crippen molar-refractivity contribution in [1.29, 1.82) is 0 Å². The van der Waals surface area contributed by atoms with Crippen molar-refractivity contribution in [2.24, 2.45) is 0 Å². The van der Waals surface area contributed by atoms with Gasteiger partial charge >= 0.3 is 0 Å². The zero-order valence-corrected chi connectivity index (χ0v) is 11.8. The zero-order valence-electron chi connectivity index (χ0n) is 9.41. The smallest absolute Gasteiger partial charge is 0.226 e. The molecule has 0 saturated carbocycles. The standard InChI is InChI=1S/C12H15BrClNO/c1-9(14)8-15(2)12(16)7-10-3-5-11(13)6-4-10/h3-6,9H,7-8H2,1-2H3. The Morgan fingerprint density at radius 3 is 2.50 bits per heavy atom.